The van der Waals surface area contributed by atoms with Crippen molar-refractivity contribution in [3.8, 4) is 0 Å². The first-order valence-corrected chi connectivity index (χ1v) is 7.34. The molecule has 5 nitrogen and oxygen atoms in total. The molecule has 102 valence electrons. The highest BCUT2D eigenvalue weighted by atomic mass is 32.2. The van der Waals surface area contributed by atoms with Crippen molar-refractivity contribution in [3.05, 3.63) is 24.3 Å². The first-order valence-electron chi connectivity index (χ1n) is 5.85. The van der Waals surface area contributed by atoms with Gasteiger partial charge in [0.2, 0.25) is 10.0 Å². The Morgan fingerprint density at radius 1 is 1.22 bits per heavy atom. The van der Waals surface area contributed by atoms with E-state index in [1.54, 1.807) is 39.0 Å². The second kappa shape index (κ2) is 6.17. The van der Waals surface area contributed by atoms with Gasteiger partial charge in [0, 0.05) is 12.1 Å². The van der Waals surface area contributed by atoms with Crippen LogP contribution in [0.15, 0.2) is 29.2 Å². The fourth-order valence-corrected chi connectivity index (χ4v) is 2.93. The zero-order valence-electron chi connectivity index (χ0n) is 10.8. The summed E-state index contributed by atoms with van der Waals surface area (Å²) in [7, 11) is -3.54. The standard InChI is InChI=1S/C12H20N2O3S/c1-9(2)14-18(16,17)12-7-5-4-6-11(12)13-10(3)8-15/h4-7,9-10,13-15H,8H2,1-3H3. The van der Waals surface area contributed by atoms with E-state index in [4.69, 9.17) is 5.11 Å². The maximum Gasteiger partial charge on any atom is 0.242 e. The molecule has 0 aliphatic carbocycles. The molecule has 0 radical (unpaired) electrons. The lowest BCUT2D eigenvalue weighted by molar-refractivity contribution is 0.281. The van der Waals surface area contributed by atoms with Crippen molar-refractivity contribution in [2.75, 3.05) is 11.9 Å². The Balaban J connectivity index is 3.09. The lowest BCUT2D eigenvalue weighted by Crippen LogP contribution is -2.31. The Morgan fingerprint density at radius 2 is 1.83 bits per heavy atom. The van der Waals surface area contributed by atoms with Gasteiger partial charge < -0.3 is 10.4 Å². The van der Waals surface area contributed by atoms with Gasteiger partial charge in [-0.1, -0.05) is 12.1 Å². The minimum absolute atomic E-state index is 0.0635. The number of hydrogen-bond acceptors (Lipinski definition) is 4. The Labute approximate surface area is 108 Å². The summed E-state index contributed by atoms with van der Waals surface area (Å²) in [6, 6.07) is 6.27. The maximum absolute atomic E-state index is 12.1. The highest BCUT2D eigenvalue weighted by Crippen LogP contribution is 2.21. The van der Waals surface area contributed by atoms with Gasteiger partial charge in [0.1, 0.15) is 4.90 Å². The van der Waals surface area contributed by atoms with Crippen LogP contribution in [-0.2, 0) is 10.0 Å². The summed E-state index contributed by atoms with van der Waals surface area (Å²) in [5.74, 6) is 0. The molecule has 0 spiro atoms. The second-order valence-electron chi connectivity index (χ2n) is 4.50. The molecular weight excluding hydrogens is 252 g/mol. The third-order valence-corrected chi connectivity index (χ3v) is 3.96. The second-order valence-corrected chi connectivity index (χ2v) is 6.18. The fraction of sp³-hybridized carbons (Fsp3) is 0.500. The summed E-state index contributed by atoms with van der Waals surface area (Å²) in [4.78, 5) is 0.194. The summed E-state index contributed by atoms with van der Waals surface area (Å²) in [6.07, 6.45) is 0. The minimum Gasteiger partial charge on any atom is -0.394 e. The van der Waals surface area contributed by atoms with Crippen LogP contribution in [0.4, 0.5) is 5.69 Å². The molecule has 6 heteroatoms. The van der Waals surface area contributed by atoms with E-state index >= 15 is 0 Å². The Kier molecular flexibility index (Phi) is 5.13. The van der Waals surface area contributed by atoms with Gasteiger partial charge >= 0.3 is 0 Å². The van der Waals surface area contributed by atoms with Gasteiger partial charge in [-0.3, -0.25) is 0 Å². The van der Waals surface area contributed by atoms with Gasteiger partial charge in [-0.2, -0.15) is 0 Å². The third kappa shape index (κ3) is 3.97. The number of benzene rings is 1. The first-order chi connectivity index (χ1) is 8.36. The lowest BCUT2D eigenvalue weighted by atomic mass is 10.3. The molecular formula is C12H20N2O3S. The van der Waals surface area contributed by atoms with Gasteiger partial charge in [0.15, 0.2) is 0 Å². The van der Waals surface area contributed by atoms with Gasteiger partial charge in [-0.05, 0) is 32.9 Å². The molecule has 0 aliphatic heterocycles. The number of hydrogen-bond donors (Lipinski definition) is 3. The highest BCUT2D eigenvalue weighted by molar-refractivity contribution is 7.89. The SMILES string of the molecule is CC(C)NS(=O)(=O)c1ccccc1NC(C)CO. The topological polar surface area (TPSA) is 78.4 Å². The van der Waals surface area contributed by atoms with E-state index < -0.39 is 10.0 Å². The van der Waals surface area contributed by atoms with Gasteiger partial charge in [0.25, 0.3) is 0 Å². The van der Waals surface area contributed by atoms with Crippen LogP contribution in [0.25, 0.3) is 0 Å². The zero-order valence-corrected chi connectivity index (χ0v) is 11.7. The largest absolute Gasteiger partial charge is 0.394 e. The average molecular weight is 272 g/mol. The van der Waals surface area contributed by atoms with Crippen LogP contribution in [0.2, 0.25) is 0 Å². The summed E-state index contributed by atoms with van der Waals surface area (Å²) in [5, 5.41) is 12.0. The molecule has 0 saturated heterocycles. The Morgan fingerprint density at radius 3 is 2.39 bits per heavy atom. The Bertz CT molecular complexity index is 486. The molecule has 0 aliphatic rings. The van der Waals surface area contributed by atoms with E-state index in [0.717, 1.165) is 0 Å². The van der Waals surface area contributed by atoms with Crippen LogP contribution in [0.1, 0.15) is 20.8 Å². The monoisotopic (exact) mass is 272 g/mol. The lowest BCUT2D eigenvalue weighted by Gasteiger charge is -2.17. The average Bonchev–Trinajstić information content (AvgIpc) is 2.27. The fourth-order valence-electron chi connectivity index (χ4n) is 1.51. The number of sulfonamides is 1. The minimum atomic E-state index is -3.54. The molecule has 0 heterocycles. The van der Waals surface area contributed by atoms with Crippen molar-refractivity contribution in [1.29, 1.82) is 0 Å². The third-order valence-electron chi connectivity index (χ3n) is 2.24. The van der Waals surface area contributed by atoms with Crippen molar-refractivity contribution in [3.63, 3.8) is 0 Å². The van der Waals surface area contributed by atoms with Crippen molar-refractivity contribution >= 4 is 15.7 Å². The van der Waals surface area contributed by atoms with Crippen LogP contribution >= 0.6 is 0 Å². The van der Waals surface area contributed by atoms with Gasteiger partial charge in [-0.15, -0.1) is 0 Å². The molecule has 0 fully saturated rings. The van der Waals surface area contributed by atoms with E-state index in [0.29, 0.717) is 5.69 Å². The molecule has 0 amide bonds. The van der Waals surface area contributed by atoms with Crippen molar-refractivity contribution in [2.45, 2.75) is 37.8 Å². The zero-order chi connectivity index (χ0) is 13.8. The highest BCUT2D eigenvalue weighted by Gasteiger charge is 2.19. The van der Waals surface area contributed by atoms with Crippen LogP contribution in [0.3, 0.4) is 0 Å². The van der Waals surface area contributed by atoms with Gasteiger partial charge in [0.05, 0.1) is 12.3 Å². The molecule has 0 bridgehead atoms. The predicted octanol–water partition coefficient (Wildman–Crippen LogP) is 1.17. The molecule has 1 atom stereocenters. The van der Waals surface area contributed by atoms with Crippen LogP contribution in [-0.4, -0.2) is 32.2 Å². The van der Waals surface area contributed by atoms with Crippen LogP contribution in [0.5, 0.6) is 0 Å². The molecule has 0 saturated carbocycles. The van der Waals surface area contributed by atoms with Crippen molar-refractivity contribution < 1.29 is 13.5 Å². The normalized spacial score (nSPS) is 13.6. The first kappa shape index (κ1) is 14.9. The summed E-state index contributed by atoms with van der Waals surface area (Å²) in [5.41, 5.74) is 0.493. The summed E-state index contributed by atoms with van der Waals surface area (Å²) >= 11 is 0. The predicted molar refractivity (Wildman–Crippen MR) is 72.1 cm³/mol. The van der Waals surface area contributed by atoms with E-state index in [2.05, 4.69) is 10.0 Å². The van der Waals surface area contributed by atoms with E-state index in [9.17, 15) is 8.42 Å². The van der Waals surface area contributed by atoms with Crippen LogP contribution in [0, 0.1) is 0 Å². The van der Waals surface area contributed by atoms with E-state index in [1.807, 2.05) is 0 Å². The van der Waals surface area contributed by atoms with E-state index in [-0.39, 0.29) is 23.6 Å². The van der Waals surface area contributed by atoms with Crippen LogP contribution < -0.4 is 10.0 Å². The number of anilines is 1. The summed E-state index contributed by atoms with van der Waals surface area (Å²) in [6.45, 7) is 5.25. The number of nitrogens with one attached hydrogen (secondary N) is 2. The quantitative estimate of drug-likeness (QED) is 0.726. The molecule has 3 N–H and O–H groups in total. The molecule has 0 aromatic heterocycles. The maximum atomic E-state index is 12.1. The smallest absolute Gasteiger partial charge is 0.242 e. The number of para-hydroxylation sites is 1. The molecule has 18 heavy (non-hydrogen) atoms. The number of aliphatic hydroxyl groups excluding tert-OH is 1. The number of rotatable bonds is 6. The van der Waals surface area contributed by atoms with Gasteiger partial charge in [-0.25, -0.2) is 13.1 Å². The summed E-state index contributed by atoms with van der Waals surface area (Å²) < 4.78 is 26.8. The van der Waals surface area contributed by atoms with Crippen molar-refractivity contribution in [2.24, 2.45) is 0 Å². The van der Waals surface area contributed by atoms with E-state index in [1.165, 1.54) is 6.07 Å². The molecule has 1 aromatic carbocycles. The molecule has 1 unspecified atom stereocenters. The molecule has 1 aromatic rings. The Hall–Kier alpha value is -1.11. The molecule has 1 rings (SSSR count). The number of aliphatic hydroxyl groups is 1. The van der Waals surface area contributed by atoms with Crippen molar-refractivity contribution in [1.82, 2.24) is 4.72 Å².